The summed E-state index contributed by atoms with van der Waals surface area (Å²) >= 11 is 0. The van der Waals surface area contributed by atoms with Gasteiger partial charge in [-0.1, -0.05) is 62.2 Å². The van der Waals surface area contributed by atoms with Crippen LogP contribution in [0.5, 0.6) is 11.5 Å². The molecule has 0 unspecified atom stereocenters. The van der Waals surface area contributed by atoms with Gasteiger partial charge < -0.3 is 9.84 Å². The Labute approximate surface area is 121 Å². The maximum absolute atomic E-state index is 10.2. The molecule has 1 N–H and O–H groups in total. The van der Waals surface area contributed by atoms with Crippen molar-refractivity contribution in [3.05, 3.63) is 59.7 Å². The number of aromatic hydroxyl groups is 1. The highest BCUT2D eigenvalue weighted by Gasteiger charge is 2.08. The summed E-state index contributed by atoms with van der Waals surface area (Å²) in [6.45, 7) is 2.66. The molecule has 0 spiro atoms. The Morgan fingerprint density at radius 3 is 2.50 bits per heavy atom. The van der Waals surface area contributed by atoms with Crippen LogP contribution >= 0.6 is 0 Å². The second-order valence-electron chi connectivity index (χ2n) is 5.00. The summed E-state index contributed by atoms with van der Waals surface area (Å²) in [5.74, 6) is 0.863. The van der Waals surface area contributed by atoms with Crippen LogP contribution in [-0.4, -0.2) is 5.11 Å². The number of unbranched alkanes of at least 4 members (excludes halogenated alkanes) is 2. The number of benzene rings is 2. The minimum Gasteiger partial charge on any atom is -0.504 e. The lowest BCUT2D eigenvalue weighted by molar-refractivity contribution is 0.288. The minimum absolute atomic E-state index is 0.291. The molecular weight excluding hydrogens is 248 g/mol. The van der Waals surface area contributed by atoms with Gasteiger partial charge in [0.25, 0.3) is 0 Å². The molecule has 0 aliphatic heterocycles. The fourth-order valence-corrected chi connectivity index (χ4v) is 2.19. The number of hydrogen-bond donors (Lipinski definition) is 1. The summed E-state index contributed by atoms with van der Waals surface area (Å²) in [6, 6.07) is 15.7. The standard InChI is InChI=1S/C18H22O2/c1-2-3-5-11-16-12-8-13-17(18(16)19)20-14-15-9-6-4-7-10-15/h4,6-10,12-13,19H,2-3,5,11,14H2,1H3. The zero-order valence-electron chi connectivity index (χ0n) is 12.0. The second-order valence-corrected chi connectivity index (χ2v) is 5.00. The lowest BCUT2D eigenvalue weighted by atomic mass is 10.1. The van der Waals surface area contributed by atoms with Gasteiger partial charge in [0.15, 0.2) is 11.5 Å². The highest BCUT2D eigenvalue weighted by molar-refractivity contribution is 5.45. The first-order valence-electron chi connectivity index (χ1n) is 7.29. The number of aryl methyl sites for hydroxylation is 1. The van der Waals surface area contributed by atoms with Crippen molar-refractivity contribution in [1.29, 1.82) is 0 Å². The van der Waals surface area contributed by atoms with E-state index in [0.717, 1.165) is 24.0 Å². The first kappa shape index (κ1) is 14.4. The lowest BCUT2D eigenvalue weighted by Gasteiger charge is -2.11. The van der Waals surface area contributed by atoms with Crippen LogP contribution in [0, 0.1) is 0 Å². The van der Waals surface area contributed by atoms with Crippen LogP contribution in [0.2, 0.25) is 0 Å². The maximum atomic E-state index is 10.2. The van der Waals surface area contributed by atoms with E-state index in [1.54, 1.807) is 0 Å². The van der Waals surface area contributed by atoms with Gasteiger partial charge in [-0.3, -0.25) is 0 Å². The molecule has 2 nitrogen and oxygen atoms in total. The molecule has 0 saturated carbocycles. The molecule has 0 amide bonds. The fourth-order valence-electron chi connectivity index (χ4n) is 2.19. The predicted octanol–water partition coefficient (Wildman–Crippen LogP) is 4.70. The average Bonchev–Trinajstić information content (AvgIpc) is 2.49. The minimum atomic E-state index is 0.291. The highest BCUT2D eigenvalue weighted by Crippen LogP contribution is 2.31. The maximum Gasteiger partial charge on any atom is 0.161 e. The molecule has 20 heavy (non-hydrogen) atoms. The van der Waals surface area contributed by atoms with Gasteiger partial charge in [0, 0.05) is 0 Å². The number of hydrogen-bond acceptors (Lipinski definition) is 2. The van der Waals surface area contributed by atoms with Gasteiger partial charge in [0.05, 0.1) is 0 Å². The number of rotatable bonds is 7. The van der Waals surface area contributed by atoms with Gasteiger partial charge in [-0.05, 0) is 30.0 Å². The van der Waals surface area contributed by atoms with Gasteiger partial charge >= 0.3 is 0 Å². The fraction of sp³-hybridized carbons (Fsp3) is 0.333. The van der Waals surface area contributed by atoms with Crippen LogP contribution in [-0.2, 0) is 13.0 Å². The van der Waals surface area contributed by atoms with Crippen LogP contribution in [0.25, 0.3) is 0 Å². The SMILES string of the molecule is CCCCCc1cccc(OCc2ccccc2)c1O. The molecule has 0 aliphatic carbocycles. The summed E-state index contributed by atoms with van der Waals surface area (Å²) in [5.41, 5.74) is 2.08. The van der Waals surface area contributed by atoms with E-state index >= 15 is 0 Å². The van der Waals surface area contributed by atoms with Gasteiger partial charge in [-0.15, -0.1) is 0 Å². The van der Waals surface area contributed by atoms with E-state index in [1.807, 2.05) is 48.5 Å². The molecule has 0 aromatic heterocycles. The molecule has 0 aliphatic rings. The zero-order valence-corrected chi connectivity index (χ0v) is 12.0. The third-order valence-corrected chi connectivity index (χ3v) is 3.37. The zero-order chi connectivity index (χ0) is 14.2. The molecule has 0 heterocycles. The monoisotopic (exact) mass is 270 g/mol. The van der Waals surface area contributed by atoms with Crippen molar-refractivity contribution in [3.8, 4) is 11.5 Å². The van der Waals surface area contributed by atoms with Crippen molar-refractivity contribution in [2.75, 3.05) is 0 Å². The summed E-state index contributed by atoms with van der Waals surface area (Å²) in [6.07, 6.45) is 4.38. The van der Waals surface area contributed by atoms with E-state index in [0.29, 0.717) is 18.1 Å². The molecule has 0 atom stereocenters. The predicted molar refractivity (Wildman–Crippen MR) is 82.1 cm³/mol. The summed E-state index contributed by atoms with van der Waals surface area (Å²) in [4.78, 5) is 0. The van der Waals surface area contributed by atoms with Crippen molar-refractivity contribution in [1.82, 2.24) is 0 Å². The van der Waals surface area contributed by atoms with Crippen molar-refractivity contribution in [3.63, 3.8) is 0 Å². The van der Waals surface area contributed by atoms with Gasteiger partial charge in [-0.2, -0.15) is 0 Å². The van der Waals surface area contributed by atoms with E-state index in [1.165, 1.54) is 12.8 Å². The molecule has 0 radical (unpaired) electrons. The molecule has 2 heteroatoms. The first-order valence-corrected chi connectivity index (χ1v) is 7.29. The van der Waals surface area contributed by atoms with E-state index in [4.69, 9.17) is 4.74 Å². The molecule has 0 saturated heterocycles. The van der Waals surface area contributed by atoms with Crippen molar-refractivity contribution in [2.45, 2.75) is 39.2 Å². The number of phenolic OH excluding ortho intramolecular Hbond substituents is 1. The average molecular weight is 270 g/mol. The van der Waals surface area contributed by atoms with Crippen molar-refractivity contribution < 1.29 is 9.84 Å². The van der Waals surface area contributed by atoms with E-state index in [-0.39, 0.29) is 0 Å². The van der Waals surface area contributed by atoms with Crippen LogP contribution in [0.4, 0.5) is 0 Å². The van der Waals surface area contributed by atoms with E-state index < -0.39 is 0 Å². The largest absolute Gasteiger partial charge is 0.504 e. The molecule has 0 bridgehead atoms. The normalized spacial score (nSPS) is 10.4. The topological polar surface area (TPSA) is 29.5 Å². The quantitative estimate of drug-likeness (QED) is 0.739. The molecule has 2 rings (SSSR count). The molecule has 0 fully saturated rings. The van der Waals surface area contributed by atoms with E-state index in [2.05, 4.69) is 6.92 Å². The first-order chi connectivity index (χ1) is 9.81. The molecule has 2 aromatic rings. The van der Waals surface area contributed by atoms with Gasteiger partial charge in [0.1, 0.15) is 6.61 Å². The molecule has 106 valence electrons. The Morgan fingerprint density at radius 2 is 1.75 bits per heavy atom. The Kier molecular flexibility index (Phi) is 5.48. The Bertz CT molecular complexity index is 520. The third-order valence-electron chi connectivity index (χ3n) is 3.37. The van der Waals surface area contributed by atoms with Gasteiger partial charge in [0.2, 0.25) is 0 Å². The summed E-state index contributed by atoms with van der Waals surface area (Å²) in [5, 5.41) is 10.2. The molecular formula is C18H22O2. The number of phenols is 1. The Balaban J connectivity index is 1.99. The van der Waals surface area contributed by atoms with Crippen LogP contribution in [0.15, 0.2) is 48.5 Å². The Morgan fingerprint density at radius 1 is 0.950 bits per heavy atom. The highest BCUT2D eigenvalue weighted by atomic mass is 16.5. The van der Waals surface area contributed by atoms with Crippen molar-refractivity contribution >= 4 is 0 Å². The number of para-hydroxylation sites is 1. The Hall–Kier alpha value is -1.96. The van der Waals surface area contributed by atoms with Crippen LogP contribution in [0.1, 0.15) is 37.3 Å². The lowest BCUT2D eigenvalue weighted by Crippen LogP contribution is -1.97. The van der Waals surface area contributed by atoms with E-state index in [9.17, 15) is 5.11 Å². The summed E-state index contributed by atoms with van der Waals surface area (Å²) < 4.78 is 5.72. The smallest absolute Gasteiger partial charge is 0.161 e. The van der Waals surface area contributed by atoms with Crippen LogP contribution < -0.4 is 4.74 Å². The van der Waals surface area contributed by atoms with Gasteiger partial charge in [-0.25, -0.2) is 0 Å². The second kappa shape index (κ2) is 7.59. The van der Waals surface area contributed by atoms with Crippen LogP contribution in [0.3, 0.4) is 0 Å². The third kappa shape index (κ3) is 4.02. The molecule has 2 aromatic carbocycles. The number of ether oxygens (including phenoxy) is 1. The summed E-state index contributed by atoms with van der Waals surface area (Å²) in [7, 11) is 0. The van der Waals surface area contributed by atoms with Crippen molar-refractivity contribution in [2.24, 2.45) is 0 Å².